The van der Waals surface area contributed by atoms with Gasteiger partial charge in [-0.25, -0.2) is 0 Å². The van der Waals surface area contributed by atoms with Crippen molar-refractivity contribution < 1.29 is 24.3 Å². The summed E-state index contributed by atoms with van der Waals surface area (Å²) in [5, 5.41) is 11.6. The van der Waals surface area contributed by atoms with Crippen molar-refractivity contribution in [3.8, 4) is 0 Å². The molecule has 1 aliphatic rings. The lowest BCUT2D eigenvalue weighted by atomic mass is 9.82. The predicted molar refractivity (Wildman–Crippen MR) is 113 cm³/mol. The Kier molecular flexibility index (Phi) is 6.39. The van der Waals surface area contributed by atoms with Gasteiger partial charge < -0.3 is 10.4 Å². The van der Waals surface area contributed by atoms with Crippen LogP contribution in [0.25, 0.3) is 0 Å². The predicted octanol–water partition coefficient (Wildman–Crippen LogP) is 1.52. The van der Waals surface area contributed by atoms with Crippen molar-refractivity contribution in [3.63, 3.8) is 0 Å². The summed E-state index contributed by atoms with van der Waals surface area (Å²) in [5.74, 6) is -2.77. The van der Waals surface area contributed by atoms with Gasteiger partial charge in [0.05, 0.1) is 6.42 Å². The molecule has 31 heavy (non-hydrogen) atoms. The second-order valence-corrected chi connectivity index (χ2v) is 7.95. The quantitative estimate of drug-likeness (QED) is 0.414. The Morgan fingerprint density at radius 3 is 2.19 bits per heavy atom. The summed E-state index contributed by atoms with van der Waals surface area (Å²) in [6.45, 7) is 3.42. The number of amides is 3. The molecule has 0 aromatic heterocycles. The maximum atomic E-state index is 13.2. The van der Waals surface area contributed by atoms with Gasteiger partial charge in [-0.05, 0) is 49.9 Å². The van der Waals surface area contributed by atoms with E-state index < -0.39 is 35.1 Å². The van der Waals surface area contributed by atoms with Gasteiger partial charge in [-0.2, -0.15) is 0 Å². The minimum Gasteiger partial charge on any atom is -0.481 e. The number of hydrazine groups is 1. The highest BCUT2D eigenvalue weighted by Gasteiger charge is 2.50. The van der Waals surface area contributed by atoms with Gasteiger partial charge in [-0.1, -0.05) is 42.0 Å². The fourth-order valence-electron chi connectivity index (χ4n) is 3.81. The topological polar surface area (TPSA) is 125 Å². The molecular formula is C23H25N3O5. The fraction of sp³-hybridized carbons (Fsp3) is 0.304. The number of rotatable bonds is 6. The number of benzene rings is 2. The molecule has 0 radical (unpaired) electrons. The molecule has 162 valence electrons. The zero-order valence-corrected chi connectivity index (χ0v) is 17.4. The van der Waals surface area contributed by atoms with Crippen LogP contribution in [0.2, 0.25) is 0 Å². The summed E-state index contributed by atoms with van der Waals surface area (Å²) >= 11 is 0. The normalized spacial score (nSPS) is 14.8. The first-order valence-electron chi connectivity index (χ1n) is 9.98. The van der Waals surface area contributed by atoms with Crippen LogP contribution in [0.3, 0.4) is 0 Å². The van der Waals surface area contributed by atoms with Crippen LogP contribution in [0.1, 0.15) is 40.4 Å². The molecule has 1 aliphatic carbocycles. The first kappa shape index (κ1) is 22.0. The fourth-order valence-corrected chi connectivity index (χ4v) is 3.81. The van der Waals surface area contributed by atoms with Crippen LogP contribution in [0.15, 0.2) is 48.5 Å². The average Bonchev–Trinajstić information content (AvgIpc) is 3.12. The van der Waals surface area contributed by atoms with Crippen molar-refractivity contribution in [2.75, 3.05) is 0 Å². The van der Waals surface area contributed by atoms with Gasteiger partial charge in [0.25, 0.3) is 11.8 Å². The third-order valence-electron chi connectivity index (χ3n) is 5.40. The number of aliphatic carboxylic acids is 1. The summed E-state index contributed by atoms with van der Waals surface area (Å²) in [6.07, 6.45) is 0.0440. The molecule has 0 heterocycles. The number of hydrogen-bond acceptors (Lipinski definition) is 4. The molecule has 2 aromatic carbocycles. The number of carbonyl (C=O) groups excluding carboxylic acids is 3. The van der Waals surface area contributed by atoms with Crippen molar-refractivity contribution in [1.82, 2.24) is 16.2 Å². The molecule has 0 fully saturated rings. The summed E-state index contributed by atoms with van der Waals surface area (Å²) in [6, 6.07) is 13.6. The standard InChI is InChI=1S/C23H25N3O5/c1-14-6-5-9-16(10-14)20(29)25-26-22(31)23(21(30)24-15(2)11-19(27)28)12-17-7-3-4-8-18(17)13-23/h3-10,15H,11-13H2,1-2H3,(H,24,30)(H,25,29)(H,26,31)(H,27,28)/t15-/m1/s1. The highest BCUT2D eigenvalue weighted by Crippen LogP contribution is 2.37. The molecule has 0 spiro atoms. The van der Waals surface area contributed by atoms with E-state index in [-0.39, 0.29) is 19.3 Å². The Balaban J connectivity index is 1.78. The first-order valence-corrected chi connectivity index (χ1v) is 9.98. The molecular weight excluding hydrogens is 398 g/mol. The summed E-state index contributed by atoms with van der Waals surface area (Å²) in [5.41, 5.74) is 6.29. The van der Waals surface area contributed by atoms with Crippen LogP contribution in [-0.2, 0) is 27.2 Å². The van der Waals surface area contributed by atoms with Gasteiger partial charge in [0.2, 0.25) is 5.91 Å². The van der Waals surface area contributed by atoms with Crippen molar-refractivity contribution in [1.29, 1.82) is 0 Å². The zero-order valence-electron chi connectivity index (χ0n) is 17.4. The second kappa shape index (κ2) is 8.99. The van der Waals surface area contributed by atoms with Crippen LogP contribution in [0.4, 0.5) is 0 Å². The van der Waals surface area contributed by atoms with Gasteiger partial charge in [-0.15, -0.1) is 0 Å². The maximum Gasteiger partial charge on any atom is 0.305 e. The Bertz CT molecular complexity index is 1010. The van der Waals surface area contributed by atoms with E-state index in [9.17, 15) is 19.2 Å². The van der Waals surface area contributed by atoms with Crippen molar-refractivity contribution in [3.05, 3.63) is 70.8 Å². The van der Waals surface area contributed by atoms with E-state index in [1.807, 2.05) is 37.3 Å². The third-order valence-corrected chi connectivity index (χ3v) is 5.40. The van der Waals surface area contributed by atoms with E-state index in [2.05, 4.69) is 16.2 Å². The first-order chi connectivity index (χ1) is 14.7. The van der Waals surface area contributed by atoms with Crippen LogP contribution in [0.5, 0.6) is 0 Å². The van der Waals surface area contributed by atoms with Gasteiger partial charge in [0, 0.05) is 11.6 Å². The number of carboxylic acid groups (broad SMARTS) is 1. The highest BCUT2D eigenvalue weighted by molar-refractivity contribution is 6.07. The van der Waals surface area contributed by atoms with E-state index in [1.165, 1.54) is 0 Å². The Morgan fingerprint density at radius 2 is 1.61 bits per heavy atom. The van der Waals surface area contributed by atoms with Crippen molar-refractivity contribution in [2.24, 2.45) is 5.41 Å². The highest BCUT2D eigenvalue weighted by atomic mass is 16.4. The molecule has 1 atom stereocenters. The average molecular weight is 423 g/mol. The molecule has 3 amide bonds. The minimum atomic E-state index is -1.49. The van der Waals surface area contributed by atoms with Gasteiger partial charge in [0.15, 0.2) is 0 Å². The van der Waals surface area contributed by atoms with Gasteiger partial charge in [0.1, 0.15) is 5.41 Å². The number of hydrogen-bond donors (Lipinski definition) is 4. The SMILES string of the molecule is Cc1cccc(C(=O)NNC(=O)C2(C(=O)N[C@H](C)CC(=O)O)Cc3ccccc3C2)c1. The summed E-state index contributed by atoms with van der Waals surface area (Å²) in [7, 11) is 0. The molecule has 4 N–H and O–H groups in total. The van der Waals surface area contributed by atoms with E-state index >= 15 is 0 Å². The number of carbonyl (C=O) groups is 4. The number of aryl methyl sites for hydroxylation is 1. The van der Waals surface area contributed by atoms with E-state index in [0.717, 1.165) is 16.7 Å². The zero-order chi connectivity index (χ0) is 22.6. The molecule has 0 saturated heterocycles. The van der Waals surface area contributed by atoms with Crippen LogP contribution >= 0.6 is 0 Å². The Hall–Kier alpha value is -3.68. The molecule has 0 bridgehead atoms. The van der Waals surface area contributed by atoms with Gasteiger partial charge >= 0.3 is 5.97 Å². The summed E-state index contributed by atoms with van der Waals surface area (Å²) < 4.78 is 0. The lowest BCUT2D eigenvalue weighted by Gasteiger charge is -2.28. The van der Waals surface area contributed by atoms with E-state index in [0.29, 0.717) is 5.56 Å². The van der Waals surface area contributed by atoms with Crippen LogP contribution in [0, 0.1) is 12.3 Å². The maximum absolute atomic E-state index is 13.2. The lowest BCUT2D eigenvalue weighted by molar-refractivity contribution is -0.144. The molecule has 8 heteroatoms. The molecule has 0 aliphatic heterocycles. The van der Waals surface area contributed by atoms with Gasteiger partial charge in [-0.3, -0.25) is 30.0 Å². The molecule has 8 nitrogen and oxygen atoms in total. The van der Waals surface area contributed by atoms with Crippen molar-refractivity contribution >= 4 is 23.7 Å². The van der Waals surface area contributed by atoms with E-state index in [1.54, 1.807) is 25.1 Å². The van der Waals surface area contributed by atoms with Crippen LogP contribution < -0.4 is 16.2 Å². The number of nitrogens with one attached hydrogen (secondary N) is 3. The minimum absolute atomic E-state index is 0.154. The molecule has 2 aromatic rings. The Labute approximate surface area is 180 Å². The summed E-state index contributed by atoms with van der Waals surface area (Å²) in [4.78, 5) is 49.7. The molecule has 3 rings (SSSR count). The Morgan fingerprint density at radius 1 is 0.968 bits per heavy atom. The number of fused-ring (bicyclic) bond motifs is 1. The second-order valence-electron chi connectivity index (χ2n) is 7.95. The van der Waals surface area contributed by atoms with Crippen molar-refractivity contribution in [2.45, 2.75) is 39.2 Å². The smallest absolute Gasteiger partial charge is 0.305 e. The number of carboxylic acids is 1. The van der Waals surface area contributed by atoms with E-state index in [4.69, 9.17) is 5.11 Å². The molecule has 0 saturated carbocycles. The third kappa shape index (κ3) is 4.91. The lowest BCUT2D eigenvalue weighted by Crippen LogP contribution is -2.57. The monoisotopic (exact) mass is 423 g/mol. The van der Waals surface area contributed by atoms with Crippen LogP contribution in [-0.4, -0.2) is 34.8 Å². The largest absolute Gasteiger partial charge is 0.481 e. The molecule has 0 unspecified atom stereocenters.